The Morgan fingerprint density at radius 1 is 1.27 bits per heavy atom. The molecule has 1 amide bonds. The van der Waals surface area contributed by atoms with Gasteiger partial charge in [-0.3, -0.25) is 14.5 Å². The summed E-state index contributed by atoms with van der Waals surface area (Å²) in [6.45, 7) is 6.27. The molecule has 3 aromatic rings. The molecule has 1 saturated heterocycles. The highest BCUT2D eigenvalue weighted by atomic mass is 16.2. The molecule has 1 fully saturated rings. The highest BCUT2D eigenvalue weighted by Gasteiger charge is 2.30. The van der Waals surface area contributed by atoms with Crippen LogP contribution in [0, 0.1) is 6.92 Å². The number of imidazole rings is 1. The molecule has 26 heavy (non-hydrogen) atoms. The maximum Gasteiger partial charge on any atom is 0.257 e. The molecule has 4 heterocycles. The fourth-order valence-electron chi connectivity index (χ4n) is 3.59. The van der Waals surface area contributed by atoms with Gasteiger partial charge in [-0.1, -0.05) is 0 Å². The summed E-state index contributed by atoms with van der Waals surface area (Å²) in [5.41, 5.74) is 2.81. The van der Waals surface area contributed by atoms with E-state index >= 15 is 0 Å². The zero-order valence-corrected chi connectivity index (χ0v) is 15.0. The van der Waals surface area contributed by atoms with Gasteiger partial charge in [-0.25, -0.2) is 4.98 Å². The second-order valence-corrected chi connectivity index (χ2v) is 6.61. The predicted octanol–water partition coefficient (Wildman–Crippen LogP) is 2.56. The Bertz CT molecular complexity index is 913. The predicted molar refractivity (Wildman–Crippen MR) is 97.7 cm³/mol. The van der Waals surface area contributed by atoms with Crippen LogP contribution < -0.4 is 0 Å². The molecule has 3 aromatic heterocycles. The fourth-order valence-corrected chi connectivity index (χ4v) is 3.59. The lowest BCUT2D eigenvalue weighted by Crippen LogP contribution is -2.29. The van der Waals surface area contributed by atoms with E-state index in [-0.39, 0.29) is 11.9 Å². The van der Waals surface area contributed by atoms with Crippen molar-refractivity contribution in [2.45, 2.75) is 32.9 Å². The average molecular weight is 350 g/mol. The van der Waals surface area contributed by atoms with Crippen molar-refractivity contribution in [3.8, 4) is 11.4 Å². The second-order valence-electron chi connectivity index (χ2n) is 6.61. The SMILES string of the molecule is CCn1cc(C(=O)N2CCC(n3c(C)cnc3-c3ccncc3)C2)cn1. The molecule has 1 atom stereocenters. The van der Waals surface area contributed by atoms with Gasteiger partial charge in [0.1, 0.15) is 5.82 Å². The van der Waals surface area contributed by atoms with Crippen LogP contribution in [0.3, 0.4) is 0 Å². The first-order valence-corrected chi connectivity index (χ1v) is 8.93. The Hall–Kier alpha value is -2.96. The van der Waals surface area contributed by atoms with Crippen molar-refractivity contribution < 1.29 is 4.79 Å². The van der Waals surface area contributed by atoms with Crippen LogP contribution in [-0.2, 0) is 6.54 Å². The summed E-state index contributed by atoms with van der Waals surface area (Å²) < 4.78 is 4.03. The molecular formula is C19H22N6O. The largest absolute Gasteiger partial charge is 0.336 e. The number of pyridine rings is 1. The van der Waals surface area contributed by atoms with Gasteiger partial charge in [0.2, 0.25) is 0 Å². The number of hydrogen-bond donors (Lipinski definition) is 0. The van der Waals surface area contributed by atoms with E-state index in [0.717, 1.165) is 36.6 Å². The van der Waals surface area contributed by atoms with Gasteiger partial charge >= 0.3 is 0 Å². The lowest BCUT2D eigenvalue weighted by Gasteiger charge is -2.19. The summed E-state index contributed by atoms with van der Waals surface area (Å²) in [5.74, 6) is 0.985. The topological polar surface area (TPSA) is 68.8 Å². The van der Waals surface area contributed by atoms with Crippen LogP contribution >= 0.6 is 0 Å². The molecule has 0 aliphatic carbocycles. The molecule has 0 spiro atoms. The Morgan fingerprint density at radius 3 is 2.81 bits per heavy atom. The van der Waals surface area contributed by atoms with Gasteiger partial charge in [0.15, 0.2) is 0 Å². The van der Waals surface area contributed by atoms with Crippen molar-refractivity contribution in [3.05, 3.63) is 54.4 Å². The highest BCUT2D eigenvalue weighted by molar-refractivity contribution is 5.93. The van der Waals surface area contributed by atoms with Crippen molar-refractivity contribution in [2.24, 2.45) is 0 Å². The number of likely N-dealkylation sites (tertiary alicyclic amines) is 1. The van der Waals surface area contributed by atoms with Gasteiger partial charge < -0.3 is 9.47 Å². The number of nitrogens with zero attached hydrogens (tertiary/aromatic N) is 6. The van der Waals surface area contributed by atoms with Gasteiger partial charge in [-0.15, -0.1) is 0 Å². The summed E-state index contributed by atoms with van der Waals surface area (Å²) in [6.07, 6.45) is 9.85. The maximum atomic E-state index is 12.8. The van der Waals surface area contributed by atoms with E-state index in [1.807, 2.05) is 36.4 Å². The lowest BCUT2D eigenvalue weighted by atomic mass is 10.2. The van der Waals surface area contributed by atoms with Gasteiger partial charge in [-0.2, -0.15) is 5.10 Å². The molecular weight excluding hydrogens is 328 g/mol. The molecule has 0 aromatic carbocycles. The van der Waals surface area contributed by atoms with Crippen LogP contribution in [0.1, 0.15) is 35.4 Å². The second kappa shape index (κ2) is 6.74. The van der Waals surface area contributed by atoms with E-state index in [9.17, 15) is 4.79 Å². The van der Waals surface area contributed by atoms with E-state index in [0.29, 0.717) is 12.1 Å². The third-order valence-electron chi connectivity index (χ3n) is 4.94. The van der Waals surface area contributed by atoms with Crippen molar-refractivity contribution in [1.82, 2.24) is 29.2 Å². The number of rotatable bonds is 4. The minimum atomic E-state index is 0.0513. The Labute approximate surface area is 152 Å². The molecule has 7 nitrogen and oxygen atoms in total. The molecule has 4 rings (SSSR count). The minimum absolute atomic E-state index is 0.0513. The van der Waals surface area contributed by atoms with Gasteiger partial charge in [0.25, 0.3) is 5.91 Å². The third kappa shape index (κ3) is 2.89. The molecule has 0 bridgehead atoms. The van der Waals surface area contributed by atoms with E-state index in [1.54, 1.807) is 23.3 Å². The zero-order valence-electron chi connectivity index (χ0n) is 15.0. The summed E-state index contributed by atoms with van der Waals surface area (Å²) in [6, 6.07) is 4.16. The quantitative estimate of drug-likeness (QED) is 0.725. The molecule has 1 aliphatic heterocycles. The normalized spacial score (nSPS) is 17.0. The minimum Gasteiger partial charge on any atom is -0.336 e. The van der Waals surface area contributed by atoms with Crippen molar-refractivity contribution in [1.29, 1.82) is 0 Å². The standard InChI is InChI=1S/C19H22N6O/c1-3-24-12-16(11-22-24)19(26)23-9-6-17(13-23)25-14(2)10-21-18(25)15-4-7-20-8-5-15/h4-5,7-8,10-12,17H,3,6,9,13H2,1-2H3. The van der Waals surface area contributed by atoms with Crippen LogP contribution in [-0.4, -0.2) is 48.2 Å². The Kier molecular flexibility index (Phi) is 4.28. The first kappa shape index (κ1) is 16.5. The van der Waals surface area contributed by atoms with Crippen molar-refractivity contribution in [3.63, 3.8) is 0 Å². The Balaban J connectivity index is 1.56. The van der Waals surface area contributed by atoms with Crippen LogP contribution in [0.2, 0.25) is 0 Å². The number of aromatic nitrogens is 5. The molecule has 1 unspecified atom stereocenters. The molecule has 0 radical (unpaired) electrons. The van der Waals surface area contributed by atoms with Crippen molar-refractivity contribution >= 4 is 5.91 Å². The zero-order chi connectivity index (χ0) is 18.1. The number of carbonyl (C=O) groups is 1. The molecule has 0 N–H and O–H groups in total. The van der Waals surface area contributed by atoms with Gasteiger partial charge in [0.05, 0.1) is 17.8 Å². The summed E-state index contributed by atoms with van der Waals surface area (Å²) >= 11 is 0. The summed E-state index contributed by atoms with van der Waals surface area (Å²) in [7, 11) is 0. The van der Waals surface area contributed by atoms with E-state index in [1.165, 1.54) is 0 Å². The molecule has 1 aliphatic rings. The smallest absolute Gasteiger partial charge is 0.257 e. The number of hydrogen-bond acceptors (Lipinski definition) is 4. The van der Waals surface area contributed by atoms with Gasteiger partial charge in [0, 0.05) is 55.7 Å². The highest BCUT2D eigenvalue weighted by Crippen LogP contribution is 2.30. The fraction of sp³-hybridized carbons (Fsp3) is 0.368. The van der Waals surface area contributed by atoms with Crippen LogP contribution in [0.5, 0.6) is 0 Å². The van der Waals surface area contributed by atoms with Crippen LogP contribution in [0.4, 0.5) is 0 Å². The van der Waals surface area contributed by atoms with Crippen LogP contribution in [0.15, 0.2) is 43.1 Å². The number of carbonyl (C=O) groups excluding carboxylic acids is 1. The first-order valence-electron chi connectivity index (χ1n) is 8.93. The van der Waals surface area contributed by atoms with Gasteiger partial charge in [-0.05, 0) is 32.4 Å². The summed E-state index contributed by atoms with van der Waals surface area (Å²) in [5, 5.41) is 4.21. The van der Waals surface area contributed by atoms with E-state index < -0.39 is 0 Å². The van der Waals surface area contributed by atoms with Crippen LogP contribution in [0.25, 0.3) is 11.4 Å². The third-order valence-corrected chi connectivity index (χ3v) is 4.94. The number of amides is 1. The molecule has 7 heteroatoms. The van der Waals surface area contributed by atoms with Crippen molar-refractivity contribution in [2.75, 3.05) is 13.1 Å². The molecule has 0 saturated carbocycles. The number of aryl methyl sites for hydroxylation is 2. The first-order chi connectivity index (χ1) is 12.7. The van der Waals surface area contributed by atoms with E-state index in [4.69, 9.17) is 0 Å². The Morgan fingerprint density at radius 2 is 2.08 bits per heavy atom. The van der Waals surface area contributed by atoms with E-state index in [2.05, 4.69) is 26.6 Å². The molecule has 134 valence electrons. The average Bonchev–Trinajstić information content (AvgIpc) is 3.41. The lowest BCUT2D eigenvalue weighted by molar-refractivity contribution is 0.0787. The summed E-state index contributed by atoms with van der Waals surface area (Å²) in [4.78, 5) is 23.4. The maximum absolute atomic E-state index is 12.8. The monoisotopic (exact) mass is 350 g/mol.